The molecule has 2 rings (SSSR count). The summed E-state index contributed by atoms with van der Waals surface area (Å²) in [5.74, 6) is 0.171. The number of ether oxygens (including phenoxy) is 1. The van der Waals surface area contributed by atoms with Crippen LogP contribution in [0.3, 0.4) is 0 Å². The largest absolute Gasteiger partial charge is 0.445 e. The quantitative estimate of drug-likeness (QED) is 0.807. The summed E-state index contributed by atoms with van der Waals surface area (Å²) in [6.07, 6.45) is 1.67. The molecule has 1 N–H and O–H groups in total. The van der Waals surface area contributed by atoms with E-state index in [1.165, 1.54) is 0 Å². The molecule has 0 saturated carbocycles. The molecule has 0 radical (unpaired) electrons. The molecule has 0 spiro atoms. The van der Waals surface area contributed by atoms with Crippen molar-refractivity contribution in [2.75, 3.05) is 39.8 Å². The highest BCUT2D eigenvalue weighted by Gasteiger charge is 2.16. The van der Waals surface area contributed by atoms with Crippen LogP contribution in [0.15, 0.2) is 30.3 Å². The van der Waals surface area contributed by atoms with Crippen LogP contribution in [0.4, 0.5) is 4.79 Å². The number of carbonyl (C=O) groups is 2. The Morgan fingerprint density at radius 1 is 1.12 bits per heavy atom. The molecule has 24 heavy (non-hydrogen) atoms. The third-order valence-electron chi connectivity index (χ3n) is 4.12. The number of amides is 2. The van der Waals surface area contributed by atoms with Gasteiger partial charge in [0.25, 0.3) is 0 Å². The molecule has 1 aliphatic heterocycles. The maximum absolute atomic E-state index is 12.2. The normalized spacial score (nSPS) is 15.6. The molecule has 6 nitrogen and oxygen atoms in total. The van der Waals surface area contributed by atoms with Gasteiger partial charge in [0.1, 0.15) is 6.61 Å². The third kappa shape index (κ3) is 6.58. The Morgan fingerprint density at radius 3 is 2.71 bits per heavy atom. The zero-order valence-corrected chi connectivity index (χ0v) is 14.4. The van der Waals surface area contributed by atoms with E-state index in [-0.39, 0.29) is 12.5 Å². The Morgan fingerprint density at radius 2 is 1.92 bits per heavy atom. The summed E-state index contributed by atoms with van der Waals surface area (Å²) in [7, 11) is 2.08. The van der Waals surface area contributed by atoms with E-state index in [1.54, 1.807) is 0 Å². The summed E-state index contributed by atoms with van der Waals surface area (Å²) in [4.78, 5) is 28.0. The summed E-state index contributed by atoms with van der Waals surface area (Å²) in [5, 5.41) is 2.69. The van der Waals surface area contributed by atoms with Gasteiger partial charge in [-0.05, 0) is 32.0 Å². The monoisotopic (exact) mass is 333 g/mol. The summed E-state index contributed by atoms with van der Waals surface area (Å²) in [6.45, 7) is 4.30. The first-order valence-electron chi connectivity index (χ1n) is 8.56. The third-order valence-corrected chi connectivity index (χ3v) is 4.12. The minimum absolute atomic E-state index is 0.171. The molecular weight excluding hydrogens is 306 g/mol. The summed E-state index contributed by atoms with van der Waals surface area (Å²) in [5.41, 5.74) is 0.953. The lowest BCUT2D eigenvalue weighted by atomic mass is 10.2. The van der Waals surface area contributed by atoms with Gasteiger partial charge in [-0.2, -0.15) is 0 Å². The lowest BCUT2D eigenvalue weighted by Crippen LogP contribution is -2.35. The maximum atomic E-state index is 12.2. The van der Waals surface area contributed by atoms with Gasteiger partial charge >= 0.3 is 6.09 Å². The molecule has 0 bridgehead atoms. The Bertz CT molecular complexity index is 522. The molecule has 0 atom stereocenters. The maximum Gasteiger partial charge on any atom is 0.407 e. The molecule has 2 amide bonds. The number of rotatable bonds is 6. The number of benzene rings is 1. The van der Waals surface area contributed by atoms with Crippen LogP contribution < -0.4 is 5.32 Å². The van der Waals surface area contributed by atoms with Crippen molar-refractivity contribution in [1.29, 1.82) is 0 Å². The Kier molecular flexibility index (Phi) is 7.55. The van der Waals surface area contributed by atoms with E-state index < -0.39 is 6.09 Å². The number of hydrogen-bond donors (Lipinski definition) is 1. The van der Waals surface area contributed by atoms with Crippen molar-refractivity contribution in [3.05, 3.63) is 35.9 Å². The van der Waals surface area contributed by atoms with Crippen molar-refractivity contribution in [1.82, 2.24) is 15.1 Å². The van der Waals surface area contributed by atoms with Crippen LogP contribution >= 0.6 is 0 Å². The molecule has 0 aliphatic carbocycles. The molecule has 132 valence electrons. The minimum Gasteiger partial charge on any atom is -0.445 e. The number of alkyl carbamates (subject to hydrolysis) is 1. The van der Waals surface area contributed by atoms with Gasteiger partial charge in [-0.3, -0.25) is 4.79 Å². The van der Waals surface area contributed by atoms with Crippen LogP contribution in [0.2, 0.25) is 0 Å². The van der Waals surface area contributed by atoms with Gasteiger partial charge in [0.2, 0.25) is 5.91 Å². The van der Waals surface area contributed by atoms with Crippen LogP contribution in [-0.4, -0.2) is 61.6 Å². The van der Waals surface area contributed by atoms with Gasteiger partial charge in [-0.25, -0.2) is 4.79 Å². The SMILES string of the molecule is CN1CCCN(C(=O)CCCNC(=O)OCc2ccccc2)CC1. The summed E-state index contributed by atoms with van der Waals surface area (Å²) >= 11 is 0. The van der Waals surface area contributed by atoms with E-state index in [4.69, 9.17) is 4.74 Å². The highest BCUT2D eigenvalue weighted by molar-refractivity contribution is 5.76. The van der Waals surface area contributed by atoms with E-state index in [9.17, 15) is 9.59 Å². The van der Waals surface area contributed by atoms with Crippen LogP contribution in [0, 0.1) is 0 Å². The standard InChI is InChI=1S/C18H27N3O3/c1-20-11-6-12-21(14-13-20)17(22)9-5-10-19-18(23)24-15-16-7-3-2-4-8-16/h2-4,7-8H,5-6,9-15H2,1H3,(H,19,23). The van der Waals surface area contributed by atoms with Crippen molar-refractivity contribution < 1.29 is 14.3 Å². The van der Waals surface area contributed by atoms with Crippen molar-refractivity contribution in [2.24, 2.45) is 0 Å². The van der Waals surface area contributed by atoms with Crippen LogP contribution in [0.5, 0.6) is 0 Å². The fourth-order valence-electron chi connectivity index (χ4n) is 2.66. The number of likely N-dealkylation sites (N-methyl/N-ethyl adjacent to an activating group) is 1. The van der Waals surface area contributed by atoms with Gasteiger partial charge in [0.15, 0.2) is 0 Å². The predicted octanol–water partition coefficient (Wildman–Crippen LogP) is 1.86. The summed E-state index contributed by atoms with van der Waals surface area (Å²) in [6, 6.07) is 9.55. The molecule has 0 aromatic heterocycles. The number of carbonyl (C=O) groups excluding carboxylic acids is 2. The Labute approximate surface area is 143 Å². The van der Waals surface area contributed by atoms with Gasteiger partial charge in [-0.15, -0.1) is 0 Å². The van der Waals surface area contributed by atoms with Crippen molar-refractivity contribution >= 4 is 12.0 Å². The first kappa shape index (κ1) is 18.3. The highest BCUT2D eigenvalue weighted by Crippen LogP contribution is 2.05. The average Bonchev–Trinajstić information content (AvgIpc) is 2.82. The zero-order valence-electron chi connectivity index (χ0n) is 14.4. The van der Waals surface area contributed by atoms with Gasteiger partial charge in [0, 0.05) is 32.6 Å². The first-order chi connectivity index (χ1) is 11.6. The van der Waals surface area contributed by atoms with E-state index in [0.717, 1.165) is 38.2 Å². The van der Waals surface area contributed by atoms with E-state index in [1.807, 2.05) is 35.2 Å². The second-order valence-electron chi connectivity index (χ2n) is 6.13. The van der Waals surface area contributed by atoms with Crippen molar-refractivity contribution in [3.63, 3.8) is 0 Å². The fraction of sp³-hybridized carbons (Fsp3) is 0.556. The second-order valence-corrected chi connectivity index (χ2v) is 6.13. The average molecular weight is 333 g/mol. The lowest BCUT2D eigenvalue weighted by molar-refractivity contribution is -0.131. The second kappa shape index (κ2) is 9.93. The zero-order chi connectivity index (χ0) is 17.2. The van der Waals surface area contributed by atoms with Crippen LogP contribution in [0.1, 0.15) is 24.8 Å². The first-order valence-corrected chi connectivity index (χ1v) is 8.56. The van der Waals surface area contributed by atoms with E-state index in [2.05, 4.69) is 17.3 Å². The van der Waals surface area contributed by atoms with Gasteiger partial charge < -0.3 is 19.9 Å². The fourth-order valence-corrected chi connectivity index (χ4v) is 2.66. The summed E-state index contributed by atoms with van der Waals surface area (Å²) < 4.78 is 5.13. The molecule has 0 unspecified atom stereocenters. The number of nitrogens with one attached hydrogen (secondary N) is 1. The van der Waals surface area contributed by atoms with Gasteiger partial charge in [-0.1, -0.05) is 30.3 Å². The van der Waals surface area contributed by atoms with E-state index >= 15 is 0 Å². The van der Waals surface area contributed by atoms with Crippen molar-refractivity contribution in [3.8, 4) is 0 Å². The molecule has 1 fully saturated rings. The smallest absolute Gasteiger partial charge is 0.407 e. The molecule has 1 aliphatic rings. The van der Waals surface area contributed by atoms with Crippen molar-refractivity contribution in [2.45, 2.75) is 25.9 Å². The molecule has 1 saturated heterocycles. The Hall–Kier alpha value is -2.08. The lowest BCUT2D eigenvalue weighted by Gasteiger charge is -2.20. The molecule has 1 heterocycles. The Balaban J connectivity index is 1.56. The van der Waals surface area contributed by atoms with Crippen LogP contribution in [-0.2, 0) is 16.1 Å². The molecule has 1 aromatic rings. The predicted molar refractivity (Wildman–Crippen MR) is 92.6 cm³/mol. The molecule has 1 aromatic carbocycles. The van der Waals surface area contributed by atoms with Gasteiger partial charge in [0.05, 0.1) is 0 Å². The molecule has 6 heteroatoms. The highest BCUT2D eigenvalue weighted by atomic mass is 16.5. The van der Waals surface area contributed by atoms with Crippen LogP contribution in [0.25, 0.3) is 0 Å². The molecular formula is C18H27N3O3. The number of hydrogen-bond acceptors (Lipinski definition) is 4. The minimum atomic E-state index is -0.442. The topological polar surface area (TPSA) is 61.9 Å². The van der Waals surface area contributed by atoms with E-state index in [0.29, 0.717) is 19.4 Å². The number of nitrogens with zero attached hydrogens (tertiary/aromatic N) is 2.